The van der Waals surface area contributed by atoms with Crippen molar-refractivity contribution in [1.82, 2.24) is 10.9 Å². The van der Waals surface area contributed by atoms with Gasteiger partial charge < -0.3 is 4.74 Å². The van der Waals surface area contributed by atoms with Gasteiger partial charge in [-0.05, 0) is 33.3 Å². The summed E-state index contributed by atoms with van der Waals surface area (Å²) in [5.41, 5.74) is 7.70. The van der Waals surface area contributed by atoms with Crippen LogP contribution in [0.15, 0.2) is 12.1 Å². The highest BCUT2D eigenvalue weighted by atomic mass is 16.5. The molecule has 0 atom stereocenters. The number of carbonyl (C=O) groups excluding carboxylic acids is 1. The van der Waals surface area contributed by atoms with Crippen LogP contribution < -0.4 is 15.6 Å². The average molecular weight is 250 g/mol. The van der Waals surface area contributed by atoms with Crippen molar-refractivity contribution in [2.45, 2.75) is 33.1 Å². The van der Waals surface area contributed by atoms with Gasteiger partial charge in [0.1, 0.15) is 5.75 Å². The molecule has 1 rings (SSSR count). The molecule has 0 heterocycles. The molecule has 18 heavy (non-hydrogen) atoms. The highest BCUT2D eigenvalue weighted by Gasteiger charge is 2.33. The Labute approximate surface area is 109 Å². The third-order valence-electron chi connectivity index (χ3n) is 3.10. The SMILES string of the molecule is CNNC(=O)C(C)(C)c1cc(C)cc(C)c1OC. The minimum absolute atomic E-state index is 0.0895. The van der Waals surface area contributed by atoms with E-state index in [1.165, 1.54) is 0 Å². The van der Waals surface area contributed by atoms with E-state index < -0.39 is 5.41 Å². The summed E-state index contributed by atoms with van der Waals surface area (Å²) in [6, 6.07) is 4.05. The zero-order chi connectivity index (χ0) is 13.9. The minimum atomic E-state index is -0.662. The number of hydrogen-bond acceptors (Lipinski definition) is 3. The summed E-state index contributed by atoms with van der Waals surface area (Å²) in [7, 11) is 3.31. The van der Waals surface area contributed by atoms with Crippen LogP contribution in [0.25, 0.3) is 0 Å². The molecule has 0 bridgehead atoms. The van der Waals surface area contributed by atoms with Crippen LogP contribution in [-0.4, -0.2) is 20.1 Å². The summed E-state index contributed by atoms with van der Waals surface area (Å²) in [4.78, 5) is 12.1. The molecule has 0 saturated carbocycles. The number of amides is 1. The molecule has 0 fully saturated rings. The molecular formula is C14H22N2O2. The summed E-state index contributed by atoms with van der Waals surface area (Å²) < 4.78 is 5.45. The molecule has 0 aliphatic heterocycles. The molecule has 0 saturated heterocycles. The first-order chi connectivity index (χ1) is 8.34. The summed E-state index contributed by atoms with van der Waals surface area (Å²) in [6.45, 7) is 7.77. The zero-order valence-electron chi connectivity index (χ0n) is 12.0. The van der Waals surface area contributed by atoms with E-state index in [0.717, 1.165) is 22.4 Å². The van der Waals surface area contributed by atoms with Crippen molar-refractivity contribution in [2.75, 3.05) is 14.2 Å². The van der Waals surface area contributed by atoms with Crippen LogP contribution in [0, 0.1) is 13.8 Å². The third-order valence-corrected chi connectivity index (χ3v) is 3.10. The van der Waals surface area contributed by atoms with Crippen molar-refractivity contribution in [3.63, 3.8) is 0 Å². The van der Waals surface area contributed by atoms with Gasteiger partial charge in [-0.1, -0.05) is 17.7 Å². The van der Waals surface area contributed by atoms with Crippen LogP contribution in [0.1, 0.15) is 30.5 Å². The second-order valence-corrected chi connectivity index (χ2v) is 4.99. The molecule has 4 nitrogen and oxygen atoms in total. The van der Waals surface area contributed by atoms with Crippen molar-refractivity contribution in [1.29, 1.82) is 0 Å². The van der Waals surface area contributed by atoms with E-state index >= 15 is 0 Å². The molecule has 2 N–H and O–H groups in total. The number of methoxy groups -OCH3 is 1. The fraction of sp³-hybridized carbons (Fsp3) is 0.500. The van der Waals surface area contributed by atoms with Crippen molar-refractivity contribution >= 4 is 5.91 Å². The Morgan fingerprint density at radius 1 is 1.28 bits per heavy atom. The number of hydrogen-bond donors (Lipinski definition) is 2. The molecule has 100 valence electrons. The predicted octanol–water partition coefficient (Wildman–Crippen LogP) is 1.84. The van der Waals surface area contributed by atoms with Gasteiger partial charge in [0, 0.05) is 12.6 Å². The van der Waals surface area contributed by atoms with Gasteiger partial charge in [0.25, 0.3) is 0 Å². The maximum absolute atomic E-state index is 12.1. The monoisotopic (exact) mass is 250 g/mol. The number of nitrogens with one attached hydrogen (secondary N) is 2. The largest absolute Gasteiger partial charge is 0.496 e. The highest BCUT2D eigenvalue weighted by molar-refractivity contribution is 5.88. The minimum Gasteiger partial charge on any atom is -0.496 e. The van der Waals surface area contributed by atoms with Gasteiger partial charge in [-0.15, -0.1) is 0 Å². The fourth-order valence-electron chi connectivity index (χ4n) is 2.08. The number of benzene rings is 1. The van der Waals surface area contributed by atoms with Crippen molar-refractivity contribution < 1.29 is 9.53 Å². The first-order valence-corrected chi connectivity index (χ1v) is 5.97. The van der Waals surface area contributed by atoms with Crippen LogP contribution in [0.3, 0.4) is 0 Å². The molecule has 0 unspecified atom stereocenters. The summed E-state index contributed by atoms with van der Waals surface area (Å²) in [5.74, 6) is 0.685. The lowest BCUT2D eigenvalue weighted by Crippen LogP contribution is -2.45. The fourth-order valence-corrected chi connectivity index (χ4v) is 2.08. The maximum Gasteiger partial charge on any atom is 0.244 e. The average Bonchev–Trinajstić information content (AvgIpc) is 2.28. The molecule has 0 aromatic heterocycles. The van der Waals surface area contributed by atoms with Crippen molar-refractivity contribution in [2.24, 2.45) is 0 Å². The number of ether oxygens (including phenoxy) is 1. The van der Waals surface area contributed by atoms with E-state index in [1.807, 2.05) is 39.8 Å². The van der Waals surface area contributed by atoms with Gasteiger partial charge in [0.15, 0.2) is 0 Å². The third kappa shape index (κ3) is 2.64. The van der Waals surface area contributed by atoms with Crippen LogP contribution >= 0.6 is 0 Å². The quantitative estimate of drug-likeness (QED) is 0.802. The summed E-state index contributed by atoms with van der Waals surface area (Å²) >= 11 is 0. The topological polar surface area (TPSA) is 50.4 Å². The Hall–Kier alpha value is -1.55. The molecule has 0 aliphatic carbocycles. The number of rotatable bonds is 4. The first-order valence-electron chi connectivity index (χ1n) is 5.97. The lowest BCUT2D eigenvalue weighted by molar-refractivity contribution is -0.126. The van der Waals surface area contributed by atoms with E-state index in [2.05, 4.69) is 10.9 Å². The van der Waals surface area contributed by atoms with Crippen molar-refractivity contribution in [3.8, 4) is 5.75 Å². The van der Waals surface area contributed by atoms with E-state index in [1.54, 1.807) is 14.2 Å². The Kier molecular flexibility index (Phi) is 4.35. The van der Waals surface area contributed by atoms with Crippen LogP contribution in [0.5, 0.6) is 5.75 Å². The van der Waals surface area contributed by atoms with E-state index in [0.29, 0.717) is 0 Å². The number of hydrazine groups is 1. The van der Waals surface area contributed by atoms with E-state index in [4.69, 9.17) is 4.74 Å². The molecule has 1 amide bonds. The van der Waals surface area contributed by atoms with Gasteiger partial charge >= 0.3 is 0 Å². The van der Waals surface area contributed by atoms with E-state index in [9.17, 15) is 4.79 Å². The van der Waals surface area contributed by atoms with Crippen LogP contribution in [0.4, 0.5) is 0 Å². The maximum atomic E-state index is 12.1. The van der Waals surface area contributed by atoms with Gasteiger partial charge in [-0.3, -0.25) is 10.2 Å². The predicted molar refractivity (Wildman–Crippen MR) is 72.7 cm³/mol. The smallest absolute Gasteiger partial charge is 0.244 e. The summed E-state index contributed by atoms with van der Waals surface area (Å²) in [5, 5.41) is 0. The second-order valence-electron chi connectivity index (χ2n) is 4.99. The molecular weight excluding hydrogens is 228 g/mol. The zero-order valence-corrected chi connectivity index (χ0v) is 12.0. The second kappa shape index (κ2) is 5.40. The molecule has 4 heteroatoms. The first kappa shape index (κ1) is 14.5. The van der Waals surface area contributed by atoms with Gasteiger partial charge in [-0.2, -0.15) is 0 Å². The lowest BCUT2D eigenvalue weighted by Gasteiger charge is -2.27. The number of carbonyl (C=O) groups is 1. The Morgan fingerprint density at radius 2 is 1.89 bits per heavy atom. The van der Waals surface area contributed by atoms with Gasteiger partial charge in [0.05, 0.1) is 12.5 Å². The van der Waals surface area contributed by atoms with Crippen LogP contribution in [0.2, 0.25) is 0 Å². The standard InChI is InChI=1S/C14H22N2O2/c1-9-7-10(2)12(18-6)11(8-9)14(3,4)13(17)16-15-5/h7-8,15H,1-6H3,(H,16,17). The highest BCUT2D eigenvalue weighted by Crippen LogP contribution is 2.35. The Morgan fingerprint density at radius 3 is 2.39 bits per heavy atom. The van der Waals surface area contributed by atoms with Gasteiger partial charge in [-0.25, -0.2) is 5.43 Å². The number of aryl methyl sites for hydroxylation is 2. The Bertz CT molecular complexity index is 453. The molecule has 0 aliphatic rings. The molecule has 1 aromatic carbocycles. The van der Waals surface area contributed by atoms with Crippen molar-refractivity contribution in [3.05, 3.63) is 28.8 Å². The van der Waals surface area contributed by atoms with E-state index in [-0.39, 0.29) is 5.91 Å². The molecule has 0 spiro atoms. The van der Waals surface area contributed by atoms with Gasteiger partial charge in [0.2, 0.25) is 5.91 Å². The molecule has 1 aromatic rings. The Balaban J connectivity index is 3.34. The lowest BCUT2D eigenvalue weighted by atomic mass is 9.81. The summed E-state index contributed by atoms with van der Waals surface area (Å²) in [6.07, 6.45) is 0. The molecule has 0 radical (unpaired) electrons. The van der Waals surface area contributed by atoms with Crippen LogP contribution in [-0.2, 0) is 10.2 Å². The normalized spacial score (nSPS) is 11.2.